The second kappa shape index (κ2) is 8.91. The molecule has 0 aromatic carbocycles. The van der Waals surface area contributed by atoms with Crippen LogP contribution >= 0.6 is 11.3 Å². The summed E-state index contributed by atoms with van der Waals surface area (Å²) >= 11 is 1.59. The topological polar surface area (TPSA) is 70.2 Å². The van der Waals surface area contributed by atoms with E-state index >= 15 is 0 Å². The first-order valence-electron chi connectivity index (χ1n) is 8.40. The largest absolute Gasteiger partial charge is 0.351 e. The highest BCUT2D eigenvalue weighted by Gasteiger charge is 2.27. The van der Waals surface area contributed by atoms with Crippen LogP contribution in [-0.2, 0) is 11.2 Å². The number of hydrogen-bond donors (Lipinski definition) is 3. The molecule has 1 aromatic heterocycles. The van der Waals surface area contributed by atoms with Crippen molar-refractivity contribution in [1.82, 2.24) is 16.0 Å². The third-order valence-electron chi connectivity index (χ3n) is 4.01. The van der Waals surface area contributed by atoms with Gasteiger partial charge in [0, 0.05) is 17.5 Å². The van der Waals surface area contributed by atoms with E-state index in [4.69, 9.17) is 0 Å². The first-order valence-corrected chi connectivity index (χ1v) is 9.28. The first-order chi connectivity index (χ1) is 11.0. The third kappa shape index (κ3) is 6.22. The van der Waals surface area contributed by atoms with E-state index in [9.17, 15) is 9.59 Å². The molecule has 3 N–H and O–H groups in total. The summed E-state index contributed by atoms with van der Waals surface area (Å²) in [6, 6.07) is 3.84. The van der Waals surface area contributed by atoms with Crippen molar-refractivity contribution in [3.05, 3.63) is 22.4 Å². The van der Waals surface area contributed by atoms with Crippen LogP contribution in [0.25, 0.3) is 0 Å². The van der Waals surface area contributed by atoms with E-state index in [0.29, 0.717) is 18.9 Å². The summed E-state index contributed by atoms with van der Waals surface area (Å²) in [6.07, 6.45) is 4.44. The normalized spacial score (nSPS) is 21.0. The maximum Gasteiger partial charge on any atom is 0.315 e. The lowest BCUT2D eigenvalue weighted by Gasteiger charge is -2.32. The fraction of sp³-hybridized carbons (Fsp3) is 0.647. The summed E-state index contributed by atoms with van der Waals surface area (Å²) in [4.78, 5) is 25.2. The second-order valence-electron chi connectivity index (χ2n) is 6.57. The third-order valence-corrected chi connectivity index (χ3v) is 4.89. The molecule has 128 valence electrons. The van der Waals surface area contributed by atoms with Gasteiger partial charge in [0.05, 0.1) is 12.5 Å². The van der Waals surface area contributed by atoms with Crippen molar-refractivity contribution in [1.29, 1.82) is 0 Å². The summed E-state index contributed by atoms with van der Waals surface area (Å²) in [5.41, 5.74) is 0. The Hall–Kier alpha value is -1.56. The van der Waals surface area contributed by atoms with Crippen molar-refractivity contribution < 1.29 is 9.59 Å². The van der Waals surface area contributed by atoms with Crippen LogP contribution < -0.4 is 16.0 Å². The lowest BCUT2D eigenvalue weighted by Crippen LogP contribution is -2.55. The Morgan fingerprint density at radius 3 is 2.52 bits per heavy atom. The molecule has 0 spiro atoms. The highest BCUT2D eigenvalue weighted by Crippen LogP contribution is 2.19. The summed E-state index contributed by atoms with van der Waals surface area (Å²) < 4.78 is 0. The van der Waals surface area contributed by atoms with E-state index in [2.05, 4.69) is 29.8 Å². The maximum atomic E-state index is 12.2. The average Bonchev–Trinajstić information content (AvgIpc) is 3.00. The lowest BCUT2D eigenvalue weighted by molar-refractivity contribution is -0.121. The van der Waals surface area contributed by atoms with E-state index in [1.165, 1.54) is 0 Å². The molecule has 0 aliphatic heterocycles. The minimum absolute atomic E-state index is 0.0168. The Bertz CT molecular complexity index is 502. The Labute approximate surface area is 142 Å². The van der Waals surface area contributed by atoms with E-state index in [1.54, 1.807) is 11.3 Å². The standard InChI is InChI=1S/C17H27N3O2S/c1-12(2)11-18-17(22)20-15-8-4-3-7-14(15)19-16(21)10-13-6-5-9-23-13/h5-6,9,12,14-15H,3-4,7-8,10-11H2,1-2H3,(H,19,21)(H2,18,20,22). The second-order valence-corrected chi connectivity index (χ2v) is 7.60. The van der Waals surface area contributed by atoms with Crippen LogP contribution in [0.4, 0.5) is 4.79 Å². The van der Waals surface area contributed by atoms with Gasteiger partial charge in [-0.05, 0) is 30.2 Å². The van der Waals surface area contributed by atoms with Crippen LogP contribution in [0.5, 0.6) is 0 Å². The Morgan fingerprint density at radius 2 is 1.91 bits per heavy atom. The van der Waals surface area contributed by atoms with Gasteiger partial charge in [0.1, 0.15) is 0 Å². The van der Waals surface area contributed by atoms with Gasteiger partial charge in [0.2, 0.25) is 5.91 Å². The van der Waals surface area contributed by atoms with Crippen LogP contribution in [0, 0.1) is 5.92 Å². The van der Waals surface area contributed by atoms with Crippen LogP contribution in [0.2, 0.25) is 0 Å². The predicted molar refractivity (Wildman–Crippen MR) is 93.6 cm³/mol. The maximum absolute atomic E-state index is 12.2. The van der Waals surface area contributed by atoms with Crippen LogP contribution in [0.1, 0.15) is 44.4 Å². The highest BCUT2D eigenvalue weighted by molar-refractivity contribution is 7.10. The number of amides is 3. The Morgan fingerprint density at radius 1 is 1.22 bits per heavy atom. The molecule has 1 heterocycles. The molecule has 5 nitrogen and oxygen atoms in total. The number of carbonyl (C=O) groups excluding carboxylic acids is 2. The van der Waals surface area contributed by atoms with Crippen LogP contribution in [-0.4, -0.2) is 30.6 Å². The van der Waals surface area contributed by atoms with E-state index in [0.717, 1.165) is 30.6 Å². The Balaban J connectivity index is 1.82. The molecule has 3 amide bonds. The van der Waals surface area contributed by atoms with Crippen molar-refractivity contribution in [2.24, 2.45) is 5.92 Å². The molecule has 1 aliphatic rings. The monoisotopic (exact) mass is 337 g/mol. The smallest absolute Gasteiger partial charge is 0.315 e. The minimum atomic E-state index is -0.136. The highest BCUT2D eigenvalue weighted by atomic mass is 32.1. The van der Waals surface area contributed by atoms with Gasteiger partial charge < -0.3 is 16.0 Å². The SMILES string of the molecule is CC(C)CNC(=O)NC1CCCCC1NC(=O)Cc1cccs1. The van der Waals surface area contributed by atoms with Gasteiger partial charge in [-0.15, -0.1) is 11.3 Å². The zero-order chi connectivity index (χ0) is 16.7. The van der Waals surface area contributed by atoms with Gasteiger partial charge >= 0.3 is 6.03 Å². The molecule has 1 aliphatic carbocycles. The van der Waals surface area contributed by atoms with E-state index in [1.807, 2.05) is 17.5 Å². The number of rotatable bonds is 6. The number of urea groups is 1. The summed E-state index contributed by atoms with van der Waals surface area (Å²) in [7, 11) is 0. The van der Waals surface area contributed by atoms with Gasteiger partial charge in [-0.25, -0.2) is 4.79 Å². The van der Waals surface area contributed by atoms with E-state index < -0.39 is 0 Å². The molecular weight excluding hydrogens is 310 g/mol. The molecule has 0 radical (unpaired) electrons. The van der Waals surface area contributed by atoms with Gasteiger partial charge in [0.15, 0.2) is 0 Å². The van der Waals surface area contributed by atoms with Crippen LogP contribution in [0.3, 0.4) is 0 Å². The molecule has 0 bridgehead atoms. The van der Waals surface area contributed by atoms with Crippen molar-refractivity contribution in [3.8, 4) is 0 Å². The number of carbonyl (C=O) groups is 2. The molecule has 2 atom stereocenters. The summed E-state index contributed by atoms with van der Waals surface area (Å²) in [6.45, 7) is 4.79. The molecule has 0 saturated heterocycles. The summed E-state index contributed by atoms with van der Waals surface area (Å²) in [5.74, 6) is 0.460. The lowest BCUT2D eigenvalue weighted by atomic mass is 9.90. The number of thiophene rings is 1. The molecule has 23 heavy (non-hydrogen) atoms. The molecule has 2 unspecified atom stereocenters. The van der Waals surface area contributed by atoms with Gasteiger partial charge in [-0.2, -0.15) is 0 Å². The minimum Gasteiger partial charge on any atom is -0.351 e. The predicted octanol–water partition coefficient (Wildman–Crippen LogP) is 2.67. The van der Waals surface area contributed by atoms with Gasteiger partial charge in [-0.1, -0.05) is 32.8 Å². The number of nitrogens with one attached hydrogen (secondary N) is 3. The molecular formula is C17H27N3O2S. The Kier molecular flexibility index (Phi) is 6.89. The molecule has 6 heteroatoms. The van der Waals surface area contributed by atoms with E-state index in [-0.39, 0.29) is 24.0 Å². The van der Waals surface area contributed by atoms with Crippen LogP contribution in [0.15, 0.2) is 17.5 Å². The van der Waals surface area contributed by atoms with Gasteiger partial charge in [0.25, 0.3) is 0 Å². The zero-order valence-corrected chi connectivity index (χ0v) is 14.7. The van der Waals surface area contributed by atoms with Crippen molar-refractivity contribution in [3.63, 3.8) is 0 Å². The summed E-state index contributed by atoms with van der Waals surface area (Å²) in [5, 5.41) is 11.0. The quantitative estimate of drug-likeness (QED) is 0.747. The van der Waals surface area contributed by atoms with Crippen molar-refractivity contribution >= 4 is 23.3 Å². The van der Waals surface area contributed by atoms with Crippen molar-refractivity contribution in [2.75, 3.05) is 6.54 Å². The first kappa shape index (κ1) is 17.8. The number of hydrogen-bond acceptors (Lipinski definition) is 3. The molecule has 2 rings (SSSR count). The van der Waals surface area contributed by atoms with Gasteiger partial charge in [-0.3, -0.25) is 4.79 Å². The average molecular weight is 337 g/mol. The molecule has 1 aromatic rings. The van der Waals surface area contributed by atoms with Crippen molar-refractivity contribution in [2.45, 2.75) is 58.0 Å². The fourth-order valence-corrected chi connectivity index (χ4v) is 3.53. The molecule has 1 fully saturated rings. The fourth-order valence-electron chi connectivity index (χ4n) is 2.82. The molecule has 1 saturated carbocycles. The zero-order valence-electron chi connectivity index (χ0n) is 13.9.